The van der Waals surface area contributed by atoms with Crippen LogP contribution in [-0.4, -0.2) is 41.3 Å². The second-order valence-corrected chi connectivity index (χ2v) is 4.32. The highest BCUT2D eigenvalue weighted by Crippen LogP contribution is 2.34. The first-order chi connectivity index (χ1) is 6.68. The summed E-state index contributed by atoms with van der Waals surface area (Å²) in [5, 5.41) is 8.88. The average Bonchev–Trinajstić information content (AvgIpc) is 2.00. The van der Waals surface area contributed by atoms with Crippen molar-refractivity contribution >= 4 is 5.97 Å². The van der Waals surface area contributed by atoms with Gasteiger partial charge in [0, 0.05) is 12.6 Å². The fourth-order valence-corrected chi connectivity index (χ4v) is 2.46. The van der Waals surface area contributed by atoms with Gasteiger partial charge in [0.05, 0.1) is 5.92 Å². The fourth-order valence-electron chi connectivity index (χ4n) is 2.46. The summed E-state index contributed by atoms with van der Waals surface area (Å²) in [6, 6.07) is 0.103. The van der Waals surface area contributed by atoms with E-state index in [0.29, 0.717) is 13.0 Å². The van der Waals surface area contributed by atoms with Crippen LogP contribution in [-0.2, 0) is 4.79 Å². The molecule has 1 aliphatic heterocycles. The Morgan fingerprint density at radius 3 is 2.64 bits per heavy atom. The number of aliphatic carboxylic acids is 1. The van der Waals surface area contributed by atoms with Gasteiger partial charge in [-0.2, -0.15) is 0 Å². The molecule has 2 rings (SSSR count). The van der Waals surface area contributed by atoms with Crippen LogP contribution in [0.25, 0.3) is 0 Å². The summed E-state index contributed by atoms with van der Waals surface area (Å²) in [4.78, 5) is 12.8. The number of hydrogen-bond acceptors (Lipinski definition) is 2. The minimum Gasteiger partial charge on any atom is -0.481 e. The van der Waals surface area contributed by atoms with Gasteiger partial charge in [0.1, 0.15) is 6.17 Å². The predicted molar refractivity (Wildman–Crippen MR) is 49.9 cm³/mol. The number of likely N-dealkylation sites (tertiary alicyclic amines) is 1. The molecule has 1 N–H and O–H groups in total. The molecular weight excluding hydrogens is 185 g/mol. The Kier molecular flexibility index (Phi) is 2.72. The number of halogens is 1. The SMILES string of the molecule is O=C(O)C1CCC1N1CCCC(F)C1. The maximum Gasteiger partial charge on any atom is 0.308 e. The molecule has 80 valence electrons. The van der Waals surface area contributed by atoms with Gasteiger partial charge in [0.2, 0.25) is 0 Å². The van der Waals surface area contributed by atoms with Crippen LogP contribution in [0.1, 0.15) is 25.7 Å². The van der Waals surface area contributed by atoms with Crippen molar-refractivity contribution in [3.8, 4) is 0 Å². The van der Waals surface area contributed by atoms with Crippen molar-refractivity contribution in [3.63, 3.8) is 0 Å². The van der Waals surface area contributed by atoms with E-state index in [-0.39, 0.29) is 12.0 Å². The minimum atomic E-state index is -0.751. The van der Waals surface area contributed by atoms with Crippen molar-refractivity contribution in [3.05, 3.63) is 0 Å². The molecule has 2 aliphatic rings. The number of rotatable bonds is 2. The summed E-state index contributed by atoms with van der Waals surface area (Å²) in [5.41, 5.74) is 0. The Bertz CT molecular complexity index is 234. The lowest BCUT2D eigenvalue weighted by Crippen LogP contribution is -2.53. The van der Waals surface area contributed by atoms with Crippen LogP contribution < -0.4 is 0 Å². The van der Waals surface area contributed by atoms with Gasteiger partial charge in [-0.15, -0.1) is 0 Å². The van der Waals surface area contributed by atoms with Crippen LogP contribution in [0.3, 0.4) is 0 Å². The van der Waals surface area contributed by atoms with Crippen molar-refractivity contribution in [1.82, 2.24) is 4.90 Å². The van der Waals surface area contributed by atoms with E-state index in [1.807, 2.05) is 4.90 Å². The maximum atomic E-state index is 13.1. The number of alkyl halides is 1. The van der Waals surface area contributed by atoms with Crippen LogP contribution in [0.2, 0.25) is 0 Å². The summed E-state index contributed by atoms with van der Waals surface area (Å²) in [6.07, 6.45) is 2.43. The lowest BCUT2D eigenvalue weighted by Gasteiger charge is -2.44. The third-order valence-corrected chi connectivity index (χ3v) is 3.42. The van der Waals surface area contributed by atoms with E-state index in [9.17, 15) is 9.18 Å². The van der Waals surface area contributed by atoms with E-state index >= 15 is 0 Å². The van der Waals surface area contributed by atoms with Gasteiger partial charge < -0.3 is 5.11 Å². The summed E-state index contributed by atoms with van der Waals surface area (Å²) < 4.78 is 13.1. The normalized spacial score (nSPS) is 39.1. The Morgan fingerprint density at radius 2 is 2.14 bits per heavy atom. The molecular formula is C10H16FNO2. The van der Waals surface area contributed by atoms with Crippen molar-refractivity contribution < 1.29 is 14.3 Å². The maximum absolute atomic E-state index is 13.1. The fraction of sp³-hybridized carbons (Fsp3) is 0.900. The number of piperidine rings is 1. The molecule has 4 heteroatoms. The number of carboxylic acid groups (broad SMARTS) is 1. The third-order valence-electron chi connectivity index (χ3n) is 3.42. The van der Waals surface area contributed by atoms with Crippen LogP contribution in [0.5, 0.6) is 0 Å². The predicted octanol–water partition coefficient (Wildman–Crippen LogP) is 1.28. The zero-order valence-corrected chi connectivity index (χ0v) is 8.16. The van der Waals surface area contributed by atoms with Crippen LogP contribution in [0.15, 0.2) is 0 Å². The number of carboxylic acids is 1. The van der Waals surface area contributed by atoms with Gasteiger partial charge in [-0.1, -0.05) is 0 Å². The highest BCUT2D eigenvalue weighted by Gasteiger charge is 2.41. The van der Waals surface area contributed by atoms with E-state index < -0.39 is 12.1 Å². The molecule has 0 bridgehead atoms. The molecule has 3 unspecified atom stereocenters. The molecule has 14 heavy (non-hydrogen) atoms. The number of carbonyl (C=O) groups is 1. The second-order valence-electron chi connectivity index (χ2n) is 4.32. The van der Waals surface area contributed by atoms with E-state index in [1.54, 1.807) is 0 Å². The van der Waals surface area contributed by atoms with Crippen LogP contribution in [0, 0.1) is 5.92 Å². The van der Waals surface area contributed by atoms with Crippen LogP contribution in [0.4, 0.5) is 4.39 Å². The Balaban J connectivity index is 1.91. The van der Waals surface area contributed by atoms with Gasteiger partial charge in [-0.05, 0) is 32.2 Å². The molecule has 1 saturated heterocycles. The Labute approximate surface area is 82.9 Å². The van der Waals surface area contributed by atoms with Gasteiger partial charge in [0.15, 0.2) is 0 Å². The van der Waals surface area contributed by atoms with Crippen molar-refractivity contribution in [2.75, 3.05) is 13.1 Å². The summed E-state index contributed by atoms with van der Waals surface area (Å²) in [5.74, 6) is -0.970. The molecule has 0 aromatic carbocycles. The molecule has 1 saturated carbocycles. The molecule has 3 nitrogen and oxygen atoms in total. The van der Waals surface area contributed by atoms with E-state index in [1.165, 1.54) is 0 Å². The minimum absolute atomic E-state index is 0.103. The van der Waals surface area contributed by atoms with E-state index in [0.717, 1.165) is 25.8 Å². The second kappa shape index (κ2) is 3.85. The summed E-state index contributed by atoms with van der Waals surface area (Å²) in [6.45, 7) is 1.31. The molecule has 0 aromatic rings. The number of nitrogens with zero attached hydrogens (tertiary/aromatic N) is 1. The standard InChI is InChI=1S/C10H16FNO2/c11-7-2-1-5-12(6-7)9-4-3-8(9)10(13)14/h7-9H,1-6H2,(H,13,14). The molecule has 2 fully saturated rings. The molecule has 3 atom stereocenters. The largest absolute Gasteiger partial charge is 0.481 e. The van der Waals surface area contributed by atoms with Crippen molar-refractivity contribution in [1.29, 1.82) is 0 Å². The first-order valence-electron chi connectivity index (χ1n) is 5.29. The van der Waals surface area contributed by atoms with Crippen molar-refractivity contribution in [2.24, 2.45) is 5.92 Å². The summed E-state index contributed by atoms with van der Waals surface area (Å²) >= 11 is 0. The zero-order valence-electron chi connectivity index (χ0n) is 8.16. The first-order valence-corrected chi connectivity index (χ1v) is 5.29. The molecule has 0 amide bonds. The van der Waals surface area contributed by atoms with Crippen LogP contribution >= 0.6 is 0 Å². The smallest absolute Gasteiger partial charge is 0.308 e. The molecule has 0 radical (unpaired) electrons. The molecule has 1 aliphatic carbocycles. The summed E-state index contributed by atoms with van der Waals surface area (Å²) in [7, 11) is 0. The monoisotopic (exact) mass is 201 g/mol. The van der Waals surface area contributed by atoms with Gasteiger partial charge in [0.25, 0.3) is 0 Å². The topological polar surface area (TPSA) is 40.5 Å². The van der Waals surface area contributed by atoms with Crippen molar-refractivity contribution in [2.45, 2.75) is 37.9 Å². The Morgan fingerprint density at radius 1 is 1.36 bits per heavy atom. The molecule has 0 aromatic heterocycles. The molecule has 1 heterocycles. The lowest BCUT2D eigenvalue weighted by molar-refractivity contribution is -0.149. The van der Waals surface area contributed by atoms with E-state index in [4.69, 9.17) is 5.11 Å². The highest BCUT2D eigenvalue weighted by atomic mass is 19.1. The van der Waals surface area contributed by atoms with Gasteiger partial charge in [-0.3, -0.25) is 9.69 Å². The third kappa shape index (κ3) is 1.75. The van der Waals surface area contributed by atoms with Gasteiger partial charge in [-0.25, -0.2) is 4.39 Å². The average molecular weight is 201 g/mol. The lowest BCUT2D eigenvalue weighted by atomic mass is 9.78. The quantitative estimate of drug-likeness (QED) is 0.731. The molecule has 0 spiro atoms. The van der Waals surface area contributed by atoms with E-state index in [2.05, 4.69) is 0 Å². The van der Waals surface area contributed by atoms with Gasteiger partial charge >= 0.3 is 5.97 Å². The first kappa shape index (κ1) is 9.90. The zero-order chi connectivity index (χ0) is 10.1. The highest BCUT2D eigenvalue weighted by molar-refractivity contribution is 5.72. The Hall–Kier alpha value is -0.640. The number of hydrogen-bond donors (Lipinski definition) is 1.